The van der Waals surface area contributed by atoms with Crippen LogP contribution in [0.25, 0.3) is 11.4 Å². The van der Waals surface area contributed by atoms with Crippen LogP contribution in [0.15, 0.2) is 46.8 Å². The Kier molecular flexibility index (Phi) is 6.72. The van der Waals surface area contributed by atoms with Gasteiger partial charge in [0.25, 0.3) is 0 Å². The molecule has 28 heavy (non-hydrogen) atoms. The highest BCUT2D eigenvalue weighted by Crippen LogP contribution is 2.30. The predicted molar refractivity (Wildman–Crippen MR) is 111 cm³/mol. The number of rotatable bonds is 8. The maximum absolute atomic E-state index is 12.2. The minimum atomic E-state index is -0.140. The lowest BCUT2D eigenvalue weighted by atomic mass is 10.2. The van der Waals surface area contributed by atoms with E-state index < -0.39 is 0 Å². The maximum Gasteiger partial charge on any atom is 0.234 e. The van der Waals surface area contributed by atoms with Crippen molar-refractivity contribution >= 4 is 34.9 Å². The van der Waals surface area contributed by atoms with Gasteiger partial charge in [0.15, 0.2) is 21.7 Å². The summed E-state index contributed by atoms with van der Waals surface area (Å²) in [4.78, 5) is 16.7. The summed E-state index contributed by atoms with van der Waals surface area (Å²) in [5.74, 6) is 2.66. The van der Waals surface area contributed by atoms with E-state index in [1.807, 2.05) is 24.3 Å². The van der Waals surface area contributed by atoms with E-state index in [2.05, 4.69) is 14.7 Å². The van der Waals surface area contributed by atoms with Crippen molar-refractivity contribution in [2.45, 2.75) is 4.34 Å². The van der Waals surface area contributed by atoms with Gasteiger partial charge in [-0.15, -0.1) is 0 Å². The minimum Gasteiger partial charge on any atom is -0.497 e. The minimum absolute atomic E-state index is 0.140. The summed E-state index contributed by atoms with van der Waals surface area (Å²) < 4.78 is 20.7. The number of hydrogen-bond donors (Lipinski definition) is 1. The quantitative estimate of drug-likeness (QED) is 0.556. The number of thioether (sulfide) groups is 1. The topological polar surface area (TPSA) is 82.6 Å². The molecule has 9 heteroatoms. The molecule has 1 N–H and O–H groups in total. The average Bonchev–Trinajstić information content (AvgIpc) is 3.21. The van der Waals surface area contributed by atoms with Crippen LogP contribution in [0, 0.1) is 0 Å². The number of hydrogen-bond acceptors (Lipinski definition) is 8. The first kappa shape index (κ1) is 20.0. The van der Waals surface area contributed by atoms with Gasteiger partial charge in [0.2, 0.25) is 5.91 Å². The van der Waals surface area contributed by atoms with E-state index in [1.54, 1.807) is 39.5 Å². The summed E-state index contributed by atoms with van der Waals surface area (Å²) in [7, 11) is 4.74. The molecule has 1 heterocycles. The summed E-state index contributed by atoms with van der Waals surface area (Å²) in [5, 5.41) is 2.84. The largest absolute Gasteiger partial charge is 0.497 e. The molecule has 0 bridgehead atoms. The third kappa shape index (κ3) is 4.93. The Bertz CT molecular complexity index is 945. The molecule has 0 saturated carbocycles. The molecule has 0 fully saturated rings. The van der Waals surface area contributed by atoms with E-state index in [1.165, 1.54) is 23.3 Å². The Labute approximate surface area is 171 Å². The second kappa shape index (κ2) is 9.43. The first-order valence-electron chi connectivity index (χ1n) is 8.25. The van der Waals surface area contributed by atoms with Crippen molar-refractivity contribution in [1.82, 2.24) is 9.36 Å². The van der Waals surface area contributed by atoms with Gasteiger partial charge < -0.3 is 19.5 Å². The molecule has 146 valence electrons. The molecule has 0 aliphatic heterocycles. The van der Waals surface area contributed by atoms with Gasteiger partial charge in [-0.3, -0.25) is 4.79 Å². The summed E-state index contributed by atoms with van der Waals surface area (Å²) in [6.07, 6.45) is 0. The van der Waals surface area contributed by atoms with Crippen LogP contribution in [0.5, 0.6) is 17.2 Å². The zero-order valence-electron chi connectivity index (χ0n) is 15.6. The molecule has 0 saturated heterocycles. The highest BCUT2D eigenvalue weighted by Gasteiger charge is 2.11. The van der Waals surface area contributed by atoms with Crippen LogP contribution in [0.2, 0.25) is 0 Å². The highest BCUT2D eigenvalue weighted by atomic mass is 32.2. The normalized spacial score (nSPS) is 10.4. The number of nitrogens with one attached hydrogen (secondary N) is 1. The Morgan fingerprint density at radius 3 is 2.46 bits per heavy atom. The Balaban J connectivity index is 1.57. The number of anilines is 1. The monoisotopic (exact) mass is 417 g/mol. The van der Waals surface area contributed by atoms with Crippen LogP contribution in [0.1, 0.15) is 0 Å². The molecule has 3 rings (SSSR count). The molecule has 0 spiro atoms. The molecule has 0 atom stereocenters. The van der Waals surface area contributed by atoms with E-state index in [-0.39, 0.29) is 11.7 Å². The molecule has 2 aromatic carbocycles. The van der Waals surface area contributed by atoms with Crippen LogP contribution >= 0.6 is 23.3 Å². The fourth-order valence-electron chi connectivity index (χ4n) is 2.36. The fourth-order valence-corrected chi connectivity index (χ4v) is 3.78. The van der Waals surface area contributed by atoms with Crippen molar-refractivity contribution in [2.24, 2.45) is 0 Å². The van der Waals surface area contributed by atoms with Gasteiger partial charge in [0.05, 0.1) is 27.1 Å². The fraction of sp³-hybridized carbons (Fsp3) is 0.211. The van der Waals surface area contributed by atoms with Crippen LogP contribution in [0.3, 0.4) is 0 Å². The molecule has 0 unspecified atom stereocenters. The molecule has 1 aromatic heterocycles. The van der Waals surface area contributed by atoms with Crippen LogP contribution in [-0.2, 0) is 4.79 Å². The van der Waals surface area contributed by atoms with Gasteiger partial charge in [-0.05, 0) is 47.9 Å². The molecular formula is C19H19N3O4S2. The lowest BCUT2D eigenvalue weighted by Crippen LogP contribution is -2.14. The standard InChI is InChI=1S/C19H19N3O4S2/c1-24-14-7-4-12(5-8-14)18-21-19(28-22-18)27-11-17(23)20-13-6-9-15(25-2)16(10-13)26-3/h4-10H,11H2,1-3H3,(H,20,23). The Hall–Kier alpha value is -2.78. The zero-order valence-corrected chi connectivity index (χ0v) is 17.2. The SMILES string of the molecule is COc1ccc(-c2nsc(SCC(=O)Nc3ccc(OC)c(OC)c3)n2)cc1. The van der Waals surface area contributed by atoms with Gasteiger partial charge in [-0.2, -0.15) is 4.37 Å². The third-order valence-electron chi connectivity index (χ3n) is 3.75. The molecule has 1 amide bonds. The van der Waals surface area contributed by atoms with Crippen molar-refractivity contribution in [1.29, 1.82) is 0 Å². The van der Waals surface area contributed by atoms with Crippen molar-refractivity contribution in [3.05, 3.63) is 42.5 Å². The molecule has 3 aromatic rings. The van der Waals surface area contributed by atoms with E-state index in [4.69, 9.17) is 14.2 Å². The van der Waals surface area contributed by atoms with Gasteiger partial charge in [-0.25, -0.2) is 4.98 Å². The second-order valence-electron chi connectivity index (χ2n) is 5.52. The van der Waals surface area contributed by atoms with E-state index in [9.17, 15) is 4.79 Å². The second-order valence-corrected chi connectivity index (χ2v) is 7.49. The number of methoxy groups -OCH3 is 3. The average molecular weight is 418 g/mol. The highest BCUT2D eigenvalue weighted by molar-refractivity contribution is 8.01. The smallest absolute Gasteiger partial charge is 0.234 e. The molecule has 0 radical (unpaired) electrons. The number of aromatic nitrogens is 2. The lowest BCUT2D eigenvalue weighted by Gasteiger charge is -2.10. The van der Waals surface area contributed by atoms with Gasteiger partial charge in [0.1, 0.15) is 5.75 Å². The van der Waals surface area contributed by atoms with Crippen molar-refractivity contribution in [2.75, 3.05) is 32.4 Å². The van der Waals surface area contributed by atoms with Crippen LogP contribution < -0.4 is 19.5 Å². The summed E-state index contributed by atoms with van der Waals surface area (Å²) in [6, 6.07) is 12.7. The lowest BCUT2D eigenvalue weighted by molar-refractivity contribution is -0.113. The summed E-state index contributed by atoms with van der Waals surface area (Å²) in [5.41, 5.74) is 1.54. The number of nitrogens with zero attached hydrogens (tertiary/aromatic N) is 2. The van der Waals surface area contributed by atoms with Gasteiger partial charge in [0, 0.05) is 17.3 Å². The van der Waals surface area contributed by atoms with Crippen LogP contribution in [0.4, 0.5) is 5.69 Å². The van der Waals surface area contributed by atoms with E-state index in [0.717, 1.165) is 15.7 Å². The van der Waals surface area contributed by atoms with E-state index >= 15 is 0 Å². The first-order valence-corrected chi connectivity index (χ1v) is 10.0. The Morgan fingerprint density at radius 2 is 1.79 bits per heavy atom. The number of ether oxygens (including phenoxy) is 3. The maximum atomic E-state index is 12.2. The number of carbonyl (C=O) groups is 1. The number of amides is 1. The number of benzene rings is 2. The molecule has 0 aliphatic carbocycles. The summed E-state index contributed by atoms with van der Waals surface area (Å²) in [6.45, 7) is 0. The molecule has 0 aliphatic rings. The molecule has 7 nitrogen and oxygen atoms in total. The van der Waals surface area contributed by atoms with Crippen molar-refractivity contribution in [3.63, 3.8) is 0 Å². The first-order chi connectivity index (χ1) is 13.6. The van der Waals surface area contributed by atoms with Gasteiger partial charge in [-0.1, -0.05) is 11.8 Å². The van der Waals surface area contributed by atoms with Crippen LogP contribution in [-0.4, -0.2) is 42.3 Å². The van der Waals surface area contributed by atoms with E-state index in [0.29, 0.717) is 23.0 Å². The van der Waals surface area contributed by atoms with Crippen molar-refractivity contribution in [3.8, 4) is 28.6 Å². The van der Waals surface area contributed by atoms with Gasteiger partial charge >= 0.3 is 0 Å². The number of carbonyl (C=O) groups excluding carboxylic acids is 1. The third-order valence-corrected chi connectivity index (χ3v) is 5.58. The summed E-state index contributed by atoms with van der Waals surface area (Å²) >= 11 is 2.61. The molecular weight excluding hydrogens is 398 g/mol. The predicted octanol–water partition coefficient (Wildman–Crippen LogP) is 3.96. The van der Waals surface area contributed by atoms with Crippen molar-refractivity contribution < 1.29 is 19.0 Å². The Morgan fingerprint density at radius 1 is 1.04 bits per heavy atom. The zero-order chi connectivity index (χ0) is 19.9.